The number of benzene rings is 2. The maximum atomic E-state index is 13.6. The molecule has 1 unspecified atom stereocenters. The van der Waals surface area contributed by atoms with E-state index in [9.17, 15) is 19.1 Å². The zero-order valence-electron chi connectivity index (χ0n) is 13.6. The van der Waals surface area contributed by atoms with Crippen LogP contribution in [0.3, 0.4) is 0 Å². The van der Waals surface area contributed by atoms with E-state index in [1.807, 2.05) is 6.92 Å². The molecule has 0 aliphatic carbocycles. The summed E-state index contributed by atoms with van der Waals surface area (Å²) in [5.74, 6) is -2.04. The van der Waals surface area contributed by atoms with E-state index >= 15 is 0 Å². The van der Waals surface area contributed by atoms with E-state index in [1.165, 1.54) is 23.6 Å². The number of aromatic nitrogens is 1. The van der Waals surface area contributed by atoms with Gasteiger partial charge in [-0.25, -0.2) is 9.18 Å². The number of carbonyl (C=O) groups is 2. The van der Waals surface area contributed by atoms with Crippen molar-refractivity contribution in [1.82, 2.24) is 4.57 Å². The van der Waals surface area contributed by atoms with Crippen LogP contribution in [0.15, 0.2) is 47.5 Å². The van der Waals surface area contributed by atoms with Crippen LogP contribution < -0.4 is 4.80 Å². The fourth-order valence-corrected chi connectivity index (χ4v) is 3.50. The number of hydrogen-bond acceptors (Lipinski definition) is 3. The molecular formula is C18H15FN2O3S. The topological polar surface area (TPSA) is 71.7 Å². The molecule has 0 fully saturated rings. The van der Waals surface area contributed by atoms with Gasteiger partial charge in [-0.1, -0.05) is 29.0 Å². The van der Waals surface area contributed by atoms with Crippen molar-refractivity contribution in [3.63, 3.8) is 0 Å². The first-order valence-corrected chi connectivity index (χ1v) is 8.37. The highest BCUT2D eigenvalue weighted by Gasteiger charge is 2.19. The van der Waals surface area contributed by atoms with Gasteiger partial charge in [0.05, 0.1) is 10.2 Å². The highest BCUT2D eigenvalue weighted by atomic mass is 32.1. The maximum absolute atomic E-state index is 13.6. The van der Waals surface area contributed by atoms with Crippen molar-refractivity contribution in [3.05, 3.63) is 64.2 Å². The summed E-state index contributed by atoms with van der Waals surface area (Å²) in [6.45, 7) is 3.38. The number of carboxylic acid groups (broad SMARTS) is 1. The van der Waals surface area contributed by atoms with Crippen LogP contribution in [0.5, 0.6) is 0 Å². The van der Waals surface area contributed by atoms with Crippen LogP contribution in [0, 0.1) is 12.7 Å². The van der Waals surface area contributed by atoms with Crippen LogP contribution in [0.4, 0.5) is 4.39 Å². The summed E-state index contributed by atoms with van der Waals surface area (Å²) in [5, 5.41) is 9.35. The fraction of sp³-hybridized carbons (Fsp3) is 0.167. The number of thiazole rings is 1. The molecule has 0 saturated carbocycles. The Morgan fingerprint density at radius 2 is 1.88 bits per heavy atom. The molecule has 0 spiro atoms. The van der Waals surface area contributed by atoms with Gasteiger partial charge in [-0.3, -0.25) is 4.79 Å². The van der Waals surface area contributed by atoms with E-state index in [0.717, 1.165) is 16.9 Å². The molecule has 0 aliphatic rings. The molecule has 1 N–H and O–H groups in total. The third-order valence-electron chi connectivity index (χ3n) is 3.83. The average Bonchev–Trinajstić information content (AvgIpc) is 2.91. The average molecular weight is 358 g/mol. The van der Waals surface area contributed by atoms with Crippen molar-refractivity contribution in [2.45, 2.75) is 19.9 Å². The van der Waals surface area contributed by atoms with Crippen molar-refractivity contribution in [1.29, 1.82) is 0 Å². The number of nitrogens with zero attached hydrogens (tertiary/aromatic N) is 2. The minimum atomic E-state index is -1.09. The molecule has 25 heavy (non-hydrogen) atoms. The second-order valence-electron chi connectivity index (χ2n) is 5.66. The molecule has 7 heteroatoms. The predicted molar refractivity (Wildman–Crippen MR) is 93.2 cm³/mol. The highest BCUT2D eigenvalue weighted by molar-refractivity contribution is 7.16. The molecule has 5 nitrogen and oxygen atoms in total. The highest BCUT2D eigenvalue weighted by Crippen LogP contribution is 2.22. The molecule has 2 aromatic carbocycles. The first-order chi connectivity index (χ1) is 11.9. The lowest BCUT2D eigenvalue weighted by atomic mass is 10.1. The fourth-order valence-electron chi connectivity index (χ4n) is 2.42. The number of hydrogen-bond donors (Lipinski definition) is 1. The molecule has 0 radical (unpaired) electrons. The number of aryl methyl sites for hydroxylation is 1. The molecule has 0 saturated heterocycles. The molecule has 1 aromatic heterocycles. The van der Waals surface area contributed by atoms with Gasteiger partial charge in [0.2, 0.25) is 0 Å². The number of rotatable bonds is 3. The first kappa shape index (κ1) is 17.0. The molecular weight excluding hydrogens is 343 g/mol. The standard InChI is InChI=1S/C18H15FN2O3S/c1-10-3-5-12(6-4-10)16(22)20-18-21(11(2)17(23)24)14-9-13(19)7-8-15(14)25-18/h3-9,11H,1-2H3,(H,23,24)/b20-18-. The van der Waals surface area contributed by atoms with E-state index in [-0.39, 0.29) is 4.80 Å². The van der Waals surface area contributed by atoms with Gasteiger partial charge < -0.3 is 9.67 Å². The summed E-state index contributed by atoms with van der Waals surface area (Å²) in [7, 11) is 0. The minimum absolute atomic E-state index is 0.223. The van der Waals surface area contributed by atoms with E-state index < -0.39 is 23.7 Å². The second-order valence-corrected chi connectivity index (χ2v) is 6.67. The largest absolute Gasteiger partial charge is 0.480 e. The van der Waals surface area contributed by atoms with Crippen LogP contribution in [0.2, 0.25) is 0 Å². The molecule has 1 amide bonds. The predicted octanol–water partition coefficient (Wildman–Crippen LogP) is 3.54. The van der Waals surface area contributed by atoms with Crippen molar-refractivity contribution < 1.29 is 19.1 Å². The number of aliphatic carboxylic acids is 1. The monoisotopic (exact) mass is 358 g/mol. The quantitative estimate of drug-likeness (QED) is 0.778. The van der Waals surface area contributed by atoms with Gasteiger partial charge in [0.25, 0.3) is 5.91 Å². The number of amides is 1. The smallest absolute Gasteiger partial charge is 0.326 e. The zero-order chi connectivity index (χ0) is 18.1. The number of fused-ring (bicyclic) bond motifs is 1. The van der Waals surface area contributed by atoms with E-state index in [0.29, 0.717) is 15.8 Å². The van der Waals surface area contributed by atoms with Crippen LogP contribution in [0.25, 0.3) is 10.2 Å². The lowest BCUT2D eigenvalue weighted by Gasteiger charge is -2.10. The maximum Gasteiger partial charge on any atom is 0.326 e. The van der Waals surface area contributed by atoms with Gasteiger partial charge in [0, 0.05) is 5.56 Å². The molecule has 3 rings (SSSR count). The Labute approximate surface area is 146 Å². The van der Waals surface area contributed by atoms with Crippen LogP contribution >= 0.6 is 11.3 Å². The lowest BCUT2D eigenvalue weighted by molar-refractivity contribution is -0.140. The van der Waals surface area contributed by atoms with Gasteiger partial charge >= 0.3 is 5.97 Å². The SMILES string of the molecule is Cc1ccc(C(=O)/N=c2\sc3ccc(F)cc3n2C(C)C(=O)O)cc1. The molecule has 3 aromatic rings. The van der Waals surface area contributed by atoms with Crippen LogP contribution in [-0.4, -0.2) is 21.6 Å². The Morgan fingerprint density at radius 3 is 2.52 bits per heavy atom. The second kappa shape index (κ2) is 6.60. The van der Waals surface area contributed by atoms with E-state index in [1.54, 1.807) is 30.3 Å². The van der Waals surface area contributed by atoms with Gasteiger partial charge in [-0.15, -0.1) is 0 Å². The first-order valence-electron chi connectivity index (χ1n) is 7.56. The van der Waals surface area contributed by atoms with Crippen LogP contribution in [-0.2, 0) is 4.79 Å². The summed E-state index contributed by atoms with van der Waals surface area (Å²) < 4.78 is 15.6. The Bertz CT molecular complexity index is 1030. The molecule has 1 atom stereocenters. The van der Waals surface area contributed by atoms with Crippen molar-refractivity contribution in [2.75, 3.05) is 0 Å². The Hall–Kier alpha value is -2.80. The number of carboxylic acids is 1. The Kier molecular flexibility index (Phi) is 4.50. The van der Waals surface area contributed by atoms with Gasteiger partial charge in [-0.2, -0.15) is 4.99 Å². The third kappa shape index (κ3) is 3.36. The van der Waals surface area contributed by atoms with E-state index in [4.69, 9.17) is 0 Å². The molecule has 0 aliphatic heterocycles. The molecule has 0 bridgehead atoms. The minimum Gasteiger partial charge on any atom is -0.480 e. The van der Waals surface area contributed by atoms with Crippen LogP contribution in [0.1, 0.15) is 28.9 Å². The van der Waals surface area contributed by atoms with Crippen molar-refractivity contribution in [2.24, 2.45) is 4.99 Å². The Balaban J connectivity index is 2.20. The summed E-state index contributed by atoms with van der Waals surface area (Å²) in [6, 6.07) is 10.0. The number of carbonyl (C=O) groups excluding carboxylic acids is 1. The number of halogens is 1. The summed E-state index contributed by atoms with van der Waals surface area (Å²) in [6.07, 6.45) is 0. The van der Waals surface area contributed by atoms with Gasteiger partial charge in [0.1, 0.15) is 11.9 Å². The summed E-state index contributed by atoms with van der Waals surface area (Å²) in [4.78, 5) is 28.2. The van der Waals surface area contributed by atoms with Gasteiger partial charge in [0.15, 0.2) is 4.80 Å². The third-order valence-corrected chi connectivity index (χ3v) is 4.86. The molecule has 1 heterocycles. The molecule has 128 valence electrons. The summed E-state index contributed by atoms with van der Waals surface area (Å²) in [5.41, 5.74) is 1.82. The summed E-state index contributed by atoms with van der Waals surface area (Å²) >= 11 is 1.15. The van der Waals surface area contributed by atoms with Crippen molar-refractivity contribution >= 4 is 33.4 Å². The Morgan fingerprint density at radius 1 is 1.20 bits per heavy atom. The lowest BCUT2D eigenvalue weighted by Crippen LogP contribution is -2.25. The van der Waals surface area contributed by atoms with Gasteiger partial charge in [-0.05, 0) is 44.2 Å². The zero-order valence-corrected chi connectivity index (χ0v) is 14.4. The van der Waals surface area contributed by atoms with Crippen molar-refractivity contribution in [3.8, 4) is 0 Å². The van der Waals surface area contributed by atoms with E-state index in [2.05, 4.69) is 4.99 Å². The normalized spacial score (nSPS) is 13.2.